The Morgan fingerprint density at radius 1 is 0.216 bits per heavy atom. The van der Waals surface area contributed by atoms with E-state index < -0.39 is 0 Å². The van der Waals surface area contributed by atoms with Crippen LogP contribution < -0.4 is 0 Å². The minimum absolute atomic E-state index is 0.308. The molecule has 0 saturated carbocycles. The summed E-state index contributed by atoms with van der Waals surface area (Å²) >= 11 is 0. The Kier molecular flexibility index (Phi) is 29.8. The van der Waals surface area contributed by atoms with Crippen molar-refractivity contribution in [2.24, 2.45) is 23.2 Å². The van der Waals surface area contributed by atoms with Crippen molar-refractivity contribution in [3.63, 3.8) is 0 Å². The molecule has 6 heteroatoms. The van der Waals surface area contributed by atoms with Crippen LogP contribution in [0.3, 0.4) is 0 Å². The third-order valence-corrected chi connectivity index (χ3v) is 22.6. The third-order valence-electron chi connectivity index (χ3n) is 22.6. The van der Waals surface area contributed by atoms with Gasteiger partial charge >= 0.3 is 0 Å². The van der Waals surface area contributed by atoms with E-state index in [2.05, 4.69) is 441 Å². The molecule has 0 unspecified atom stereocenters. The van der Waals surface area contributed by atoms with Crippen LogP contribution in [-0.2, 0) is 25.7 Å². The quantitative estimate of drug-likeness (QED) is 0.102. The fourth-order valence-electron chi connectivity index (χ4n) is 16.9. The zero-order valence-corrected chi connectivity index (χ0v) is 77.1. The lowest BCUT2D eigenvalue weighted by molar-refractivity contribution is 0.411. The van der Waals surface area contributed by atoms with E-state index in [1.165, 1.54) is 165 Å². The highest BCUT2D eigenvalue weighted by Crippen LogP contribution is 2.37. The van der Waals surface area contributed by atoms with Gasteiger partial charge in [-0.15, -0.1) is 0 Å². The van der Waals surface area contributed by atoms with E-state index >= 15 is 0 Å². The summed E-state index contributed by atoms with van der Waals surface area (Å²) in [6.07, 6.45) is 15.9. The molecule has 0 spiro atoms. The van der Waals surface area contributed by atoms with Crippen LogP contribution in [0.15, 0.2) is 328 Å². The number of benzene rings is 12. The maximum atomic E-state index is 4.65. The molecule has 0 fully saturated rings. The standard InChI is InChI=1S/C21H23N.3C20H21N.2C19H19N/c1-14(2)9-17-5-6-20-18(13-17)7-8-22-21(20)19-11-15(3)10-16(4)12-19;1-13(2)16-5-6-19-17(12-16)7-8-21-20(19)18-10-14(3)9-15(4)11-18;1-14(2)11-16-7-8-19-17(13-16)9-10-21-20(19)18-6-4-5-15(3)12-18;1-20(2,3)14-15-9-10-18-17(13-15)11-12-21-19(18)16-7-5-4-6-8-16;1-13(2)15-7-8-18-16(12-15)9-10-20-19(18)17-6-4-5-14(3)11-17;1-14(2)12-15-8-9-18-17(13-15)10-11-20-19(18)16-6-4-3-5-7-16/h5-8,10-14H,9H2,1-4H3;5-13H,1-4H3;4-10,12-14H,11H2,1-3H3;4-13H,14H2,1-3H3;4-13H,1-3H3;3-11,13-14H,12H2,1-2H3. The van der Waals surface area contributed by atoms with Gasteiger partial charge in [0.1, 0.15) is 0 Å². The average Bonchev–Trinajstić information content (AvgIpc) is 0.801. The second-order valence-corrected chi connectivity index (χ2v) is 37.2. The minimum atomic E-state index is 0.308. The highest BCUT2D eigenvalue weighted by molar-refractivity contribution is 6.00. The number of nitrogens with zero attached hydrogens (tertiary/aromatic N) is 6. The molecule has 0 radical (unpaired) electrons. The summed E-state index contributed by atoms with van der Waals surface area (Å²) < 4.78 is 0. The van der Waals surface area contributed by atoms with Crippen molar-refractivity contribution in [3.8, 4) is 67.5 Å². The first-order valence-electron chi connectivity index (χ1n) is 44.8. The van der Waals surface area contributed by atoms with Gasteiger partial charge in [-0.2, -0.15) is 0 Å². The van der Waals surface area contributed by atoms with E-state index in [4.69, 9.17) is 0 Å². The molecule has 0 aliphatic carbocycles. The van der Waals surface area contributed by atoms with E-state index in [9.17, 15) is 0 Å². The Hall–Kier alpha value is -12.9. The number of fused-ring (bicyclic) bond motifs is 6. The molecule has 125 heavy (non-hydrogen) atoms. The van der Waals surface area contributed by atoms with Gasteiger partial charge in [-0.05, 0) is 241 Å². The Labute approximate surface area is 744 Å². The molecule has 18 rings (SSSR count). The van der Waals surface area contributed by atoms with Gasteiger partial charge in [0.05, 0.1) is 34.2 Å². The molecule has 0 bridgehead atoms. The van der Waals surface area contributed by atoms with Crippen molar-refractivity contribution in [2.45, 2.75) is 169 Å². The molecule has 630 valence electrons. The zero-order chi connectivity index (χ0) is 88.4. The van der Waals surface area contributed by atoms with Crippen LogP contribution in [0.25, 0.3) is 132 Å². The highest BCUT2D eigenvalue weighted by atomic mass is 14.7. The largest absolute Gasteiger partial charge is 0.256 e. The molecule has 6 nitrogen and oxygen atoms in total. The van der Waals surface area contributed by atoms with Gasteiger partial charge in [-0.25, -0.2) is 0 Å². The minimum Gasteiger partial charge on any atom is -0.256 e. The lowest BCUT2D eigenvalue weighted by Crippen LogP contribution is -2.08. The number of pyridine rings is 6. The van der Waals surface area contributed by atoms with E-state index in [0.29, 0.717) is 35.0 Å². The smallest absolute Gasteiger partial charge is 0.0780 e. The summed E-state index contributed by atoms with van der Waals surface area (Å²) in [5.41, 5.74) is 29.9. The fraction of sp³-hybridized carbons (Fsp3) is 0.244. The molecule has 0 N–H and O–H groups in total. The van der Waals surface area contributed by atoms with Crippen molar-refractivity contribution in [1.82, 2.24) is 29.9 Å². The lowest BCUT2D eigenvalue weighted by Gasteiger charge is -2.18. The molecule has 0 amide bonds. The number of aromatic nitrogens is 6. The summed E-state index contributed by atoms with van der Waals surface area (Å²) in [5.74, 6) is 3.14. The number of aryl methyl sites for hydroxylation is 6. The van der Waals surface area contributed by atoms with Gasteiger partial charge in [-0.3, -0.25) is 29.9 Å². The predicted molar refractivity (Wildman–Crippen MR) is 538 cm³/mol. The van der Waals surface area contributed by atoms with Crippen molar-refractivity contribution < 1.29 is 0 Å². The maximum Gasteiger partial charge on any atom is 0.0780 e. The first kappa shape index (κ1) is 89.8. The van der Waals surface area contributed by atoms with Crippen molar-refractivity contribution in [1.29, 1.82) is 0 Å². The van der Waals surface area contributed by atoms with E-state index in [-0.39, 0.29) is 0 Å². The molecule has 6 aromatic heterocycles. The number of hydrogen-bond acceptors (Lipinski definition) is 6. The Morgan fingerprint density at radius 3 is 0.744 bits per heavy atom. The van der Waals surface area contributed by atoms with Gasteiger partial charge in [0.2, 0.25) is 0 Å². The molecule has 12 aromatic carbocycles. The lowest BCUT2D eigenvalue weighted by atomic mass is 9.87. The summed E-state index contributed by atoms with van der Waals surface area (Å²) in [6.45, 7) is 42.1. The van der Waals surface area contributed by atoms with Gasteiger partial charge in [0, 0.05) is 103 Å². The zero-order valence-electron chi connectivity index (χ0n) is 77.1. The van der Waals surface area contributed by atoms with E-state index in [0.717, 1.165) is 59.8 Å². The van der Waals surface area contributed by atoms with Crippen LogP contribution in [0.1, 0.15) is 169 Å². The van der Waals surface area contributed by atoms with Crippen LogP contribution in [0.5, 0.6) is 0 Å². The summed E-state index contributed by atoms with van der Waals surface area (Å²) in [7, 11) is 0. The van der Waals surface area contributed by atoms with Gasteiger partial charge in [0.25, 0.3) is 0 Å². The molecule has 0 atom stereocenters. The predicted octanol–water partition coefficient (Wildman–Crippen LogP) is 32.7. The van der Waals surface area contributed by atoms with E-state index in [1.54, 1.807) is 0 Å². The van der Waals surface area contributed by atoms with Gasteiger partial charge in [-0.1, -0.05) is 342 Å². The highest BCUT2D eigenvalue weighted by Gasteiger charge is 2.17. The van der Waals surface area contributed by atoms with Crippen molar-refractivity contribution in [3.05, 3.63) is 395 Å². The first-order valence-corrected chi connectivity index (χ1v) is 44.8. The third kappa shape index (κ3) is 24.1. The molecule has 0 saturated heterocycles. The molecular weight excluding hydrogens is 1510 g/mol. The normalized spacial score (nSPS) is 11.3. The Morgan fingerprint density at radius 2 is 0.464 bits per heavy atom. The molecule has 18 aromatic rings. The van der Waals surface area contributed by atoms with Crippen LogP contribution in [0.2, 0.25) is 0 Å². The van der Waals surface area contributed by atoms with Crippen LogP contribution in [-0.4, -0.2) is 29.9 Å². The Bertz CT molecular complexity index is 6660. The number of hydrogen-bond donors (Lipinski definition) is 0. The summed E-state index contributed by atoms with van der Waals surface area (Å²) in [6, 6.07) is 104. The summed E-state index contributed by atoms with van der Waals surface area (Å²) in [4.78, 5) is 27.6. The monoisotopic (exact) mass is 1640 g/mol. The van der Waals surface area contributed by atoms with Crippen molar-refractivity contribution in [2.75, 3.05) is 0 Å². The first-order chi connectivity index (χ1) is 60.1. The van der Waals surface area contributed by atoms with Crippen molar-refractivity contribution >= 4 is 64.6 Å². The fourth-order valence-corrected chi connectivity index (χ4v) is 16.9. The number of rotatable bonds is 15. The van der Waals surface area contributed by atoms with E-state index in [1.807, 2.05) is 49.3 Å². The second-order valence-electron chi connectivity index (χ2n) is 37.2. The van der Waals surface area contributed by atoms with Crippen LogP contribution in [0, 0.1) is 64.7 Å². The maximum absolute atomic E-state index is 4.65. The van der Waals surface area contributed by atoms with Gasteiger partial charge in [0.15, 0.2) is 0 Å². The second kappa shape index (κ2) is 41.5. The molecule has 0 aliphatic rings. The topological polar surface area (TPSA) is 77.3 Å². The molecule has 6 heterocycles. The molecular formula is C119H124N6. The van der Waals surface area contributed by atoms with Gasteiger partial charge < -0.3 is 0 Å². The van der Waals surface area contributed by atoms with Crippen LogP contribution in [0.4, 0.5) is 0 Å². The average molecular weight is 1640 g/mol. The summed E-state index contributed by atoms with van der Waals surface area (Å²) in [5, 5.41) is 15.0. The SMILES string of the molecule is CC(C)(C)Cc1ccc2c(-c3ccccc3)nccc2c1.CC(C)Cc1ccc2c(-c3ccccc3)nccc2c1.Cc1cc(C)cc(-c2nccc3cc(C(C)C)ccc23)c1.Cc1cc(C)cc(-c2nccc3cc(CC(C)C)ccc23)c1.Cc1cccc(-c2nccc3cc(C(C)C)ccc23)c1.Cc1cccc(-c2nccc3cc(CC(C)C)ccc23)c1. The Balaban J connectivity index is 0.000000129. The van der Waals surface area contributed by atoms with Crippen LogP contribution >= 0.6 is 0 Å². The molecule has 0 aliphatic heterocycles.